The van der Waals surface area contributed by atoms with E-state index in [1.807, 2.05) is 48.5 Å². The van der Waals surface area contributed by atoms with Gasteiger partial charge in [0.2, 0.25) is 0 Å². The van der Waals surface area contributed by atoms with Crippen LogP contribution in [0.5, 0.6) is 5.75 Å². The smallest absolute Gasteiger partial charge is 0.268 e. The molecule has 0 aliphatic heterocycles. The van der Waals surface area contributed by atoms with E-state index in [0.29, 0.717) is 24.2 Å². The molecule has 0 bridgehead atoms. The number of rotatable bonds is 9. The number of ether oxygens (including phenoxy) is 1. The van der Waals surface area contributed by atoms with E-state index in [9.17, 15) is 14.7 Å². The number of benzene rings is 3. The molecule has 0 saturated carbocycles. The van der Waals surface area contributed by atoms with E-state index in [0.717, 1.165) is 22.4 Å². The molecular weight excluding hydrogens is 458 g/mol. The monoisotopic (exact) mass is 487 g/mol. The predicted molar refractivity (Wildman–Crippen MR) is 135 cm³/mol. The molecule has 2 amide bonds. The predicted octanol–water partition coefficient (Wildman–Crippen LogP) is 2.37. The zero-order valence-electron chi connectivity index (χ0n) is 20.1. The van der Waals surface area contributed by atoms with Crippen LogP contribution < -0.4 is 20.9 Å². The van der Waals surface area contributed by atoms with Crippen LogP contribution in [0.25, 0.3) is 0 Å². The minimum Gasteiger partial charge on any atom is -0.496 e. The van der Waals surface area contributed by atoms with Crippen LogP contribution in [-0.4, -0.2) is 41.4 Å². The third kappa shape index (κ3) is 7.42. The minimum absolute atomic E-state index is 0.293. The summed E-state index contributed by atoms with van der Waals surface area (Å²) >= 11 is 0. The van der Waals surface area contributed by atoms with Crippen molar-refractivity contribution in [1.82, 2.24) is 16.1 Å². The molecule has 0 radical (unpaired) electrons. The Morgan fingerprint density at radius 3 is 2.11 bits per heavy atom. The second kappa shape index (κ2) is 13.1. The Hall–Kier alpha value is -4.16. The number of hydrogen-bond acceptors (Lipinski definition) is 6. The average molecular weight is 488 g/mol. The zero-order valence-corrected chi connectivity index (χ0v) is 20.1. The van der Waals surface area contributed by atoms with E-state index < -0.39 is 24.0 Å². The first-order valence-corrected chi connectivity index (χ1v) is 11.4. The van der Waals surface area contributed by atoms with Crippen molar-refractivity contribution in [2.24, 2.45) is 0 Å². The molecule has 2 atom stereocenters. The number of hydroxylamine groups is 1. The van der Waals surface area contributed by atoms with Crippen molar-refractivity contribution < 1.29 is 24.6 Å². The lowest BCUT2D eigenvalue weighted by Crippen LogP contribution is -2.51. The molecule has 3 aromatic carbocycles. The first-order chi connectivity index (χ1) is 17.4. The van der Waals surface area contributed by atoms with Gasteiger partial charge in [-0.05, 0) is 55.0 Å². The summed E-state index contributed by atoms with van der Waals surface area (Å²) in [5.74, 6) is 5.57. The van der Waals surface area contributed by atoms with Crippen LogP contribution in [-0.2, 0) is 17.9 Å². The Kier molecular flexibility index (Phi) is 9.60. The number of aliphatic hydroxyl groups excluding tert-OH is 1. The van der Waals surface area contributed by atoms with Crippen LogP contribution in [0.1, 0.15) is 39.5 Å². The maximum Gasteiger partial charge on any atom is 0.268 e. The van der Waals surface area contributed by atoms with Crippen molar-refractivity contribution in [1.29, 1.82) is 0 Å². The summed E-state index contributed by atoms with van der Waals surface area (Å²) in [4.78, 5) is 23.9. The lowest BCUT2D eigenvalue weighted by Gasteiger charge is -2.19. The fourth-order valence-electron chi connectivity index (χ4n) is 3.45. The number of hydrogen-bond donors (Lipinski definition) is 5. The molecule has 186 valence electrons. The second-order valence-corrected chi connectivity index (χ2v) is 8.11. The van der Waals surface area contributed by atoms with E-state index >= 15 is 0 Å². The molecule has 0 unspecified atom stereocenters. The first kappa shape index (κ1) is 26.4. The third-order valence-corrected chi connectivity index (χ3v) is 5.45. The van der Waals surface area contributed by atoms with Gasteiger partial charge in [0.05, 0.1) is 13.2 Å². The Morgan fingerprint density at radius 1 is 0.917 bits per heavy atom. The molecule has 0 aliphatic carbocycles. The Morgan fingerprint density at radius 2 is 1.53 bits per heavy atom. The van der Waals surface area contributed by atoms with Crippen LogP contribution in [0.3, 0.4) is 0 Å². The van der Waals surface area contributed by atoms with Gasteiger partial charge in [0.1, 0.15) is 11.8 Å². The van der Waals surface area contributed by atoms with Crippen molar-refractivity contribution in [3.63, 3.8) is 0 Å². The number of methoxy groups -OCH3 is 1. The molecule has 0 saturated heterocycles. The second-order valence-electron chi connectivity index (χ2n) is 8.11. The van der Waals surface area contributed by atoms with Crippen molar-refractivity contribution >= 4 is 11.8 Å². The molecular formula is C28H29N3O5. The first-order valence-electron chi connectivity index (χ1n) is 11.4. The number of para-hydroxylation sites is 1. The molecule has 0 heterocycles. The third-order valence-electron chi connectivity index (χ3n) is 5.45. The molecule has 3 rings (SSSR count). The van der Waals surface area contributed by atoms with Crippen molar-refractivity contribution in [2.75, 3.05) is 7.11 Å². The molecule has 0 aliphatic rings. The number of aliphatic hydroxyl groups is 1. The van der Waals surface area contributed by atoms with Gasteiger partial charge in [-0.2, -0.15) is 0 Å². The Labute approximate surface area is 210 Å². The SMILES string of the molecule is COc1ccccc1CNCc1ccc(C#Cc2ccc(C(=O)N[C@H](C(=O)NO)[C@@H](C)O)cc2)cc1. The highest BCUT2D eigenvalue weighted by Gasteiger charge is 2.25. The number of carbonyl (C=O) groups excluding carboxylic acids is 2. The van der Waals surface area contributed by atoms with Gasteiger partial charge in [-0.1, -0.05) is 42.2 Å². The lowest BCUT2D eigenvalue weighted by atomic mass is 10.1. The van der Waals surface area contributed by atoms with Gasteiger partial charge in [0, 0.05) is 35.3 Å². The Balaban J connectivity index is 1.54. The highest BCUT2D eigenvalue weighted by molar-refractivity contribution is 5.97. The summed E-state index contributed by atoms with van der Waals surface area (Å²) < 4.78 is 5.37. The van der Waals surface area contributed by atoms with E-state index in [4.69, 9.17) is 9.94 Å². The Bertz CT molecular complexity index is 1230. The number of carbonyl (C=O) groups is 2. The summed E-state index contributed by atoms with van der Waals surface area (Å²) in [7, 11) is 1.67. The largest absolute Gasteiger partial charge is 0.496 e. The fourth-order valence-corrected chi connectivity index (χ4v) is 3.45. The summed E-state index contributed by atoms with van der Waals surface area (Å²) in [6.07, 6.45) is -1.18. The van der Waals surface area contributed by atoms with Crippen LogP contribution in [0.15, 0.2) is 72.8 Å². The van der Waals surface area contributed by atoms with Gasteiger partial charge >= 0.3 is 0 Å². The average Bonchev–Trinajstić information content (AvgIpc) is 2.91. The molecule has 0 aromatic heterocycles. The van der Waals surface area contributed by atoms with Gasteiger partial charge in [0.25, 0.3) is 11.8 Å². The van der Waals surface area contributed by atoms with E-state index in [2.05, 4.69) is 22.5 Å². The van der Waals surface area contributed by atoms with Gasteiger partial charge < -0.3 is 20.5 Å². The van der Waals surface area contributed by atoms with Crippen LogP contribution >= 0.6 is 0 Å². The highest BCUT2D eigenvalue weighted by Crippen LogP contribution is 2.17. The summed E-state index contributed by atoms with van der Waals surface area (Å²) in [5, 5.41) is 24.2. The number of amides is 2. The quantitative estimate of drug-likeness (QED) is 0.180. The summed E-state index contributed by atoms with van der Waals surface area (Å²) in [6.45, 7) is 2.75. The van der Waals surface area contributed by atoms with E-state index in [1.54, 1.807) is 31.4 Å². The topological polar surface area (TPSA) is 120 Å². The van der Waals surface area contributed by atoms with E-state index in [-0.39, 0.29) is 0 Å². The molecule has 0 spiro atoms. The van der Waals surface area contributed by atoms with Gasteiger partial charge in [-0.3, -0.25) is 14.8 Å². The summed E-state index contributed by atoms with van der Waals surface area (Å²) in [6, 6.07) is 21.1. The summed E-state index contributed by atoms with van der Waals surface area (Å²) in [5.41, 5.74) is 5.54. The molecule has 8 heteroatoms. The van der Waals surface area contributed by atoms with Crippen molar-refractivity contribution in [3.8, 4) is 17.6 Å². The molecule has 3 aromatic rings. The van der Waals surface area contributed by atoms with Crippen molar-refractivity contribution in [2.45, 2.75) is 32.2 Å². The highest BCUT2D eigenvalue weighted by atomic mass is 16.5. The minimum atomic E-state index is -1.28. The van der Waals surface area contributed by atoms with E-state index in [1.165, 1.54) is 12.4 Å². The van der Waals surface area contributed by atoms with Crippen LogP contribution in [0.4, 0.5) is 0 Å². The molecule has 0 fully saturated rings. The maximum atomic E-state index is 12.4. The normalized spacial score (nSPS) is 12.0. The van der Waals surface area contributed by atoms with Gasteiger partial charge in [-0.15, -0.1) is 0 Å². The fraction of sp³-hybridized carbons (Fsp3) is 0.214. The molecule has 5 N–H and O–H groups in total. The maximum absolute atomic E-state index is 12.4. The van der Waals surface area contributed by atoms with Crippen LogP contribution in [0, 0.1) is 11.8 Å². The van der Waals surface area contributed by atoms with Crippen molar-refractivity contribution in [3.05, 3.63) is 101 Å². The van der Waals surface area contributed by atoms with Gasteiger partial charge in [-0.25, -0.2) is 5.48 Å². The standard InChI is InChI=1S/C28H29N3O5/c1-19(32)26(28(34)31-35)30-27(33)23-15-13-21(14-16-23)8-7-20-9-11-22(12-10-20)17-29-18-24-5-3-4-6-25(24)36-2/h3-6,9-16,19,26,29,32,35H,17-18H2,1-2H3,(H,30,33)(H,31,34)/t19-,26+/m1/s1. The molecule has 8 nitrogen and oxygen atoms in total. The van der Waals surface area contributed by atoms with Crippen LogP contribution in [0.2, 0.25) is 0 Å². The molecule has 36 heavy (non-hydrogen) atoms. The zero-order chi connectivity index (χ0) is 25.9. The lowest BCUT2D eigenvalue weighted by molar-refractivity contribution is -0.133. The number of nitrogens with one attached hydrogen (secondary N) is 3. The van der Waals surface area contributed by atoms with Gasteiger partial charge in [0.15, 0.2) is 0 Å².